The molecule has 0 unspecified atom stereocenters. The summed E-state index contributed by atoms with van der Waals surface area (Å²) in [4.78, 5) is 13.9. The third-order valence-electron chi connectivity index (χ3n) is 2.58. The molecular weight excluding hydrogens is 292 g/mol. The second kappa shape index (κ2) is 6.34. The molecule has 0 radical (unpaired) electrons. The summed E-state index contributed by atoms with van der Waals surface area (Å²) >= 11 is 3.36. The number of nitrogens with zero attached hydrogens (tertiary/aromatic N) is 1. The first kappa shape index (κ1) is 15.2. The van der Waals surface area contributed by atoms with Crippen LogP contribution < -0.4 is 5.32 Å². The summed E-state index contributed by atoms with van der Waals surface area (Å²) in [6, 6.07) is 8.18. The standard InChI is InChI=1S/C14H21BrN2O/c1-14(2,15)13(18)16-9-11-7-5-6-8-12(11)10-17(3)4/h5-8H,9-10H2,1-4H3,(H,16,18). The molecule has 1 aromatic rings. The predicted molar refractivity (Wildman–Crippen MR) is 78.7 cm³/mol. The summed E-state index contributed by atoms with van der Waals surface area (Å²) in [7, 11) is 4.08. The molecule has 0 aliphatic heterocycles. The van der Waals surface area contributed by atoms with Crippen LogP contribution in [0.2, 0.25) is 0 Å². The van der Waals surface area contributed by atoms with Crippen molar-refractivity contribution in [1.82, 2.24) is 10.2 Å². The molecule has 0 heterocycles. The molecule has 0 aliphatic carbocycles. The number of halogens is 1. The van der Waals surface area contributed by atoms with E-state index in [1.54, 1.807) is 0 Å². The average Bonchev–Trinajstić information content (AvgIpc) is 2.25. The number of amides is 1. The van der Waals surface area contributed by atoms with Gasteiger partial charge < -0.3 is 10.2 Å². The van der Waals surface area contributed by atoms with Crippen molar-refractivity contribution in [3.8, 4) is 0 Å². The van der Waals surface area contributed by atoms with Crippen LogP contribution in [0.4, 0.5) is 0 Å². The molecule has 1 amide bonds. The lowest BCUT2D eigenvalue weighted by Gasteiger charge is -2.18. The highest BCUT2D eigenvalue weighted by Crippen LogP contribution is 2.16. The van der Waals surface area contributed by atoms with Gasteiger partial charge in [-0.05, 0) is 39.1 Å². The van der Waals surface area contributed by atoms with Crippen LogP contribution >= 0.6 is 15.9 Å². The van der Waals surface area contributed by atoms with Crippen LogP contribution in [0.3, 0.4) is 0 Å². The lowest BCUT2D eigenvalue weighted by Crippen LogP contribution is -2.37. The molecule has 100 valence electrons. The number of hydrogen-bond donors (Lipinski definition) is 1. The molecule has 3 nitrogen and oxygen atoms in total. The summed E-state index contributed by atoms with van der Waals surface area (Å²) in [6.45, 7) is 5.13. The lowest BCUT2D eigenvalue weighted by atomic mass is 10.1. The van der Waals surface area contributed by atoms with E-state index in [-0.39, 0.29) is 5.91 Å². The fraction of sp³-hybridized carbons (Fsp3) is 0.500. The Balaban J connectivity index is 2.70. The highest BCUT2D eigenvalue weighted by atomic mass is 79.9. The lowest BCUT2D eigenvalue weighted by molar-refractivity contribution is -0.122. The molecule has 1 rings (SSSR count). The molecule has 0 aliphatic rings. The van der Waals surface area contributed by atoms with Gasteiger partial charge in [0, 0.05) is 13.1 Å². The van der Waals surface area contributed by atoms with E-state index in [9.17, 15) is 4.79 Å². The number of nitrogens with one attached hydrogen (secondary N) is 1. The molecular formula is C14H21BrN2O. The summed E-state index contributed by atoms with van der Waals surface area (Å²) in [5.41, 5.74) is 2.41. The average molecular weight is 313 g/mol. The Morgan fingerprint density at radius 2 is 1.83 bits per heavy atom. The van der Waals surface area contributed by atoms with Gasteiger partial charge >= 0.3 is 0 Å². The fourth-order valence-electron chi connectivity index (χ4n) is 1.61. The predicted octanol–water partition coefficient (Wildman–Crippen LogP) is 2.54. The normalized spacial score (nSPS) is 11.7. The fourth-order valence-corrected chi connectivity index (χ4v) is 1.75. The Labute approximate surface area is 118 Å². The van der Waals surface area contributed by atoms with E-state index in [1.807, 2.05) is 40.1 Å². The van der Waals surface area contributed by atoms with Crippen molar-refractivity contribution in [3.05, 3.63) is 35.4 Å². The van der Waals surface area contributed by atoms with Gasteiger partial charge in [-0.1, -0.05) is 40.2 Å². The Bertz CT molecular complexity index is 411. The first-order chi connectivity index (χ1) is 8.30. The largest absolute Gasteiger partial charge is 0.351 e. The topological polar surface area (TPSA) is 32.3 Å². The number of carbonyl (C=O) groups excluding carboxylic acids is 1. The Hall–Kier alpha value is -0.870. The molecule has 1 N–H and O–H groups in total. The zero-order valence-electron chi connectivity index (χ0n) is 11.5. The van der Waals surface area contributed by atoms with Crippen LogP contribution in [-0.2, 0) is 17.9 Å². The highest BCUT2D eigenvalue weighted by molar-refractivity contribution is 9.10. The molecule has 0 spiro atoms. The maximum absolute atomic E-state index is 11.8. The van der Waals surface area contributed by atoms with Crippen LogP contribution in [0.15, 0.2) is 24.3 Å². The first-order valence-corrected chi connectivity index (χ1v) is 6.78. The minimum Gasteiger partial charge on any atom is -0.351 e. The van der Waals surface area contributed by atoms with E-state index in [2.05, 4.69) is 38.3 Å². The van der Waals surface area contributed by atoms with E-state index in [4.69, 9.17) is 0 Å². The number of benzene rings is 1. The smallest absolute Gasteiger partial charge is 0.236 e. The third-order valence-corrected chi connectivity index (χ3v) is 2.94. The number of alkyl halides is 1. The molecule has 0 bridgehead atoms. The molecule has 0 aromatic heterocycles. The SMILES string of the molecule is CN(C)Cc1ccccc1CNC(=O)C(C)(C)Br. The number of hydrogen-bond acceptors (Lipinski definition) is 2. The summed E-state index contributed by atoms with van der Waals surface area (Å²) in [5.74, 6) is 0.00200. The Morgan fingerprint density at radius 1 is 1.28 bits per heavy atom. The molecule has 0 saturated heterocycles. The maximum Gasteiger partial charge on any atom is 0.236 e. The van der Waals surface area contributed by atoms with E-state index in [0.717, 1.165) is 12.1 Å². The van der Waals surface area contributed by atoms with Gasteiger partial charge in [0.05, 0.1) is 4.32 Å². The molecule has 18 heavy (non-hydrogen) atoms. The van der Waals surface area contributed by atoms with Gasteiger partial charge in [-0.15, -0.1) is 0 Å². The van der Waals surface area contributed by atoms with Crippen LogP contribution in [0, 0.1) is 0 Å². The van der Waals surface area contributed by atoms with Gasteiger partial charge in [0.1, 0.15) is 0 Å². The van der Waals surface area contributed by atoms with Gasteiger partial charge in [0.25, 0.3) is 0 Å². The molecule has 0 fully saturated rings. The van der Waals surface area contributed by atoms with Crippen molar-refractivity contribution >= 4 is 21.8 Å². The monoisotopic (exact) mass is 312 g/mol. The summed E-state index contributed by atoms with van der Waals surface area (Å²) in [5, 5.41) is 2.95. The molecule has 1 aromatic carbocycles. The van der Waals surface area contributed by atoms with Gasteiger partial charge in [0.15, 0.2) is 0 Å². The van der Waals surface area contributed by atoms with Crippen molar-refractivity contribution in [2.24, 2.45) is 0 Å². The van der Waals surface area contributed by atoms with E-state index in [0.29, 0.717) is 6.54 Å². The van der Waals surface area contributed by atoms with Crippen LogP contribution in [0.25, 0.3) is 0 Å². The molecule has 4 heteroatoms. The van der Waals surface area contributed by atoms with Crippen molar-refractivity contribution in [2.45, 2.75) is 31.3 Å². The van der Waals surface area contributed by atoms with Crippen molar-refractivity contribution in [1.29, 1.82) is 0 Å². The second-order valence-electron chi connectivity index (χ2n) is 5.16. The minimum absolute atomic E-state index is 0.00200. The van der Waals surface area contributed by atoms with Gasteiger partial charge in [-0.3, -0.25) is 4.79 Å². The van der Waals surface area contributed by atoms with Crippen molar-refractivity contribution < 1.29 is 4.79 Å². The molecule has 0 atom stereocenters. The van der Waals surface area contributed by atoms with Crippen LogP contribution in [0.5, 0.6) is 0 Å². The quantitative estimate of drug-likeness (QED) is 0.847. The first-order valence-electron chi connectivity index (χ1n) is 5.99. The van der Waals surface area contributed by atoms with E-state index >= 15 is 0 Å². The summed E-state index contributed by atoms with van der Waals surface area (Å²) < 4.78 is -0.524. The van der Waals surface area contributed by atoms with E-state index in [1.165, 1.54) is 5.56 Å². The second-order valence-corrected chi connectivity index (χ2v) is 7.14. The van der Waals surface area contributed by atoms with Crippen molar-refractivity contribution in [3.63, 3.8) is 0 Å². The number of carbonyl (C=O) groups is 1. The Kier molecular flexibility index (Phi) is 5.35. The molecule has 0 saturated carbocycles. The Morgan fingerprint density at radius 3 is 2.33 bits per heavy atom. The highest BCUT2D eigenvalue weighted by Gasteiger charge is 2.23. The van der Waals surface area contributed by atoms with Crippen molar-refractivity contribution in [2.75, 3.05) is 14.1 Å². The number of rotatable bonds is 5. The zero-order chi connectivity index (χ0) is 13.8. The van der Waals surface area contributed by atoms with Gasteiger partial charge in [-0.25, -0.2) is 0 Å². The van der Waals surface area contributed by atoms with Gasteiger partial charge in [-0.2, -0.15) is 0 Å². The van der Waals surface area contributed by atoms with E-state index < -0.39 is 4.32 Å². The summed E-state index contributed by atoms with van der Waals surface area (Å²) in [6.07, 6.45) is 0. The van der Waals surface area contributed by atoms with Crippen LogP contribution in [0.1, 0.15) is 25.0 Å². The van der Waals surface area contributed by atoms with Gasteiger partial charge in [0.2, 0.25) is 5.91 Å². The minimum atomic E-state index is -0.524. The zero-order valence-corrected chi connectivity index (χ0v) is 13.0. The van der Waals surface area contributed by atoms with Crippen LogP contribution in [-0.4, -0.2) is 29.2 Å². The third kappa shape index (κ3) is 4.78. The maximum atomic E-state index is 11.8.